The SMILES string of the molecule is C\C=N/C(=C\C=C\CC/C(C)=C(/CCOc1cccc2c1CCC=C2CCC=O)NC)NCCCCC. The van der Waals surface area contributed by atoms with Crippen molar-refractivity contribution < 1.29 is 9.53 Å². The molecule has 1 aliphatic carbocycles. The topological polar surface area (TPSA) is 62.7 Å². The maximum Gasteiger partial charge on any atom is 0.125 e. The molecule has 0 saturated carbocycles. The van der Waals surface area contributed by atoms with Crippen LogP contribution in [0.1, 0.15) is 89.7 Å². The van der Waals surface area contributed by atoms with Crippen molar-refractivity contribution in [3.8, 4) is 5.75 Å². The summed E-state index contributed by atoms with van der Waals surface area (Å²) in [4.78, 5) is 15.3. The zero-order chi connectivity index (χ0) is 26.7. The van der Waals surface area contributed by atoms with E-state index in [1.807, 2.05) is 20.2 Å². The molecular weight excluding hydrogens is 458 g/mol. The lowest BCUT2D eigenvalue weighted by atomic mass is 9.88. The van der Waals surface area contributed by atoms with Crippen molar-refractivity contribution in [2.24, 2.45) is 4.99 Å². The average Bonchev–Trinajstić information content (AvgIpc) is 2.91. The Morgan fingerprint density at radius 1 is 1.19 bits per heavy atom. The van der Waals surface area contributed by atoms with Crippen LogP contribution in [0.5, 0.6) is 5.75 Å². The fraction of sp³-hybridized carbons (Fsp3) is 0.500. The van der Waals surface area contributed by atoms with Crippen molar-refractivity contribution in [3.63, 3.8) is 0 Å². The molecule has 1 aromatic carbocycles. The molecule has 0 atom stereocenters. The summed E-state index contributed by atoms with van der Waals surface area (Å²) in [5.41, 5.74) is 6.40. The Bertz CT molecular complexity index is 986. The highest BCUT2D eigenvalue weighted by atomic mass is 16.5. The number of nitrogens with one attached hydrogen (secondary N) is 2. The molecular formula is C32H47N3O2. The van der Waals surface area contributed by atoms with Crippen molar-refractivity contribution in [2.75, 3.05) is 20.2 Å². The molecule has 0 saturated heterocycles. The van der Waals surface area contributed by atoms with Gasteiger partial charge in [-0.05, 0) is 75.7 Å². The number of unbranched alkanes of at least 4 members (excludes halogenated alkanes) is 2. The highest BCUT2D eigenvalue weighted by Crippen LogP contribution is 2.35. The van der Waals surface area contributed by atoms with Gasteiger partial charge in [-0.15, -0.1) is 0 Å². The van der Waals surface area contributed by atoms with Crippen LogP contribution in [0.4, 0.5) is 0 Å². The van der Waals surface area contributed by atoms with Crippen LogP contribution in [-0.2, 0) is 11.2 Å². The van der Waals surface area contributed by atoms with Crippen LogP contribution >= 0.6 is 0 Å². The van der Waals surface area contributed by atoms with E-state index in [0.29, 0.717) is 13.0 Å². The van der Waals surface area contributed by atoms with Crippen molar-refractivity contribution in [1.82, 2.24) is 10.6 Å². The van der Waals surface area contributed by atoms with Gasteiger partial charge in [0.05, 0.1) is 6.61 Å². The van der Waals surface area contributed by atoms with E-state index in [4.69, 9.17) is 4.74 Å². The van der Waals surface area contributed by atoms with Gasteiger partial charge in [0, 0.05) is 43.9 Å². The zero-order valence-electron chi connectivity index (χ0n) is 23.4. The van der Waals surface area contributed by atoms with Crippen LogP contribution in [0, 0.1) is 0 Å². The van der Waals surface area contributed by atoms with Crippen LogP contribution < -0.4 is 15.4 Å². The number of rotatable bonds is 18. The molecule has 0 fully saturated rings. The molecule has 5 nitrogen and oxygen atoms in total. The van der Waals surface area contributed by atoms with Gasteiger partial charge in [0.2, 0.25) is 0 Å². The lowest BCUT2D eigenvalue weighted by Gasteiger charge is -2.21. The number of fused-ring (bicyclic) bond motifs is 1. The van der Waals surface area contributed by atoms with Crippen molar-refractivity contribution in [2.45, 2.75) is 85.0 Å². The van der Waals surface area contributed by atoms with Crippen LogP contribution in [0.25, 0.3) is 5.57 Å². The van der Waals surface area contributed by atoms with Gasteiger partial charge >= 0.3 is 0 Å². The Morgan fingerprint density at radius 3 is 2.81 bits per heavy atom. The van der Waals surface area contributed by atoms with Gasteiger partial charge in [0.15, 0.2) is 0 Å². The second kappa shape index (κ2) is 18.2. The van der Waals surface area contributed by atoms with Gasteiger partial charge in [-0.1, -0.05) is 55.7 Å². The number of hydrogen-bond donors (Lipinski definition) is 2. The number of aldehydes is 1. The summed E-state index contributed by atoms with van der Waals surface area (Å²) in [7, 11) is 1.99. The van der Waals surface area contributed by atoms with E-state index in [2.05, 4.69) is 72.0 Å². The quantitative estimate of drug-likeness (QED) is 0.0950. The number of aliphatic imine (C=N–C) groups is 1. The Kier molecular flexibility index (Phi) is 14.8. The molecule has 0 bridgehead atoms. The molecule has 5 heteroatoms. The first kappa shape index (κ1) is 30.1. The summed E-state index contributed by atoms with van der Waals surface area (Å²) < 4.78 is 6.27. The van der Waals surface area contributed by atoms with E-state index in [1.165, 1.54) is 47.2 Å². The number of ether oxygens (including phenoxy) is 1. The summed E-state index contributed by atoms with van der Waals surface area (Å²) in [6, 6.07) is 6.29. The summed E-state index contributed by atoms with van der Waals surface area (Å²) >= 11 is 0. The molecule has 1 aromatic rings. The van der Waals surface area contributed by atoms with Gasteiger partial charge in [-0.2, -0.15) is 0 Å². The number of carbonyl (C=O) groups is 1. The highest BCUT2D eigenvalue weighted by Gasteiger charge is 2.16. The monoisotopic (exact) mass is 505 g/mol. The third-order valence-corrected chi connectivity index (χ3v) is 6.65. The average molecular weight is 506 g/mol. The third kappa shape index (κ3) is 10.8. The third-order valence-electron chi connectivity index (χ3n) is 6.65. The van der Waals surface area contributed by atoms with E-state index in [0.717, 1.165) is 62.9 Å². The first-order valence-electron chi connectivity index (χ1n) is 14.0. The molecule has 0 radical (unpaired) electrons. The van der Waals surface area contributed by atoms with Crippen LogP contribution in [0.3, 0.4) is 0 Å². The van der Waals surface area contributed by atoms with Crippen molar-refractivity contribution in [3.05, 3.63) is 70.7 Å². The molecule has 1 aliphatic rings. The second-order valence-electron chi connectivity index (χ2n) is 9.40. The molecule has 0 amide bonds. The maximum atomic E-state index is 10.8. The van der Waals surface area contributed by atoms with Gasteiger partial charge in [-0.3, -0.25) is 0 Å². The zero-order valence-corrected chi connectivity index (χ0v) is 23.4. The van der Waals surface area contributed by atoms with Crippen LogP contribution in [-0.4, -0.2) is 32.7 Å². The van der Waals surface area contributed by atoms with Gasteiger partial charge in [-0.25, -0.2) is 4.99 Å². The molecule has 202 valence electrons. The Labute approximate surface area is 224 Å². The lowest BCUT2D eigenvalue weighted by molar-refractivity contribution is -0.107. The van der Waals surface area contributed by atoms with Gasteiger partial charge in [0.25, 0.3) is 0 Å². The second-order valence-corrected chi connectivity index (χ2v) is 9.40. The van der Waals surface area contributed by atoms with E-state index in [-0.39, 0.29) is 0 Å². The van der Waals surface area contributed by atoms with E-state index < -0.39 is 0 Å². The Hall–Kier alpha value is -3.08. The molecule has 2 rings (SSSR count). The molecule has 0 aliphatic heterocycles. The number of carbonyl (C=O) groups excluding carboxylic acids is 1. The van der Waals surface area contributed by atoms with Crippen LogP contribution in [0.2, 0.25) is 0 Å². The largest absolute Gasteiger partial charge is 0.493 e. The Morgan fingerprint density at radius 2 is 2.05 bits per heavy atom. The summed E-state index contributed by atoms with van der Waals surface area (Å²) in [6.07, 6.45) is 21.3. The molecule has 0 unspecified atom stereocenters. The highest BCUT2D eigenvalue weighted by molar-refractivity contribution is 5.73. The lowest BCUT2D eigenvalue weighted by Crippen LogP contribution is -2.13. The normalized spacial score (nSPS) is 14.4. The van der Waals surface area contributed by atoms with Gasteiger partial charge < -0.3 is 20.2 Å². The smallest absolute Gasteiger partial charge is 0.125 e. The number of hydrogen-bond acceptors (Lipinski definition) is 5. The minimum atomic E-state index is 0.571. The fourth-order valence-corrected chi connectivity index (χ4v) is 4.61. The van der Waals surface area contributed by atoms with Crippen LogP contribution in [0.15, 0.2) is 64.6 Å². The van der Waals surface area contributed by atoms with Gasteiger partial charge in [0.1, 0.15) is 17.9 Å². The molecule has 0 aromatic heterocycles. The predicted octanol–water partition coefficient (Wildman–Crippen LogP) is 7.31. The number of benzene rings is 1. The minimum absolute atomic E-state index is 0.571. The number of allylic oxidation sites excluding steroid dienone is 6. The van der Waals surface area contributed by atoms with Crippen molar-refractivity contribution >= 4 is 18.1 Å². The molecule has 2 N–H and O–H groups in total. The summed E-state index contributed by atoms with van der Waals surface area (Å²) in [5.74, 6) is 1.90. The standard InChI is InChI=1S/C32H47N3O2/c1-5-7-11-23-35-32(34-6-2)21-10-8-9-15-26(3)30(33-4)22-25-37-31-20-13-18-28-27(17-14-24-36)16-12-19-29(28)31/h6,8,10,13,16,18,20-21,24,33,35H,5,7,9,11-12,14-15,17,19,22-23,25H2,1-4H3/b10-8+,30-26-,32-21+,34-6-. The summed E-state index contributed by atoms with van der Waals surface area (Å²) in [6.45, 7) is 7.96. The Balaban J connectivity index is 1.87. The van der Waals surface area contributed by atoms with Crippen molar-refractivity contribution in [1.29, 1.82) is 0 Å². The van der Waals surface area contributed by atoms with E-state index in [9.17, 15) is 4.79 Å². The molecule has 37 heavy (non-hydrogen) atoms. The molecule has 0 spiro atoms. The summed E-state index contributed by atoms with van der Waals surface area (Å²) in [5, 5.41) is 6.79. The van der Waals surface area contributed by atoms with E-state index in [1.54, 1.807) is 0 Å². The number of nitrogens with zero attached hydrogens (tertiary/aromatic N) is 1. The maximum absolute atomic E-state index is 10.8. The van der Waals surface area contributed by atoms with E-state index >= 15 is 0 Å². The first-order chi connectivity index (χ1) is 18.1. The predicted molar refractivity (Wildman–Crippen MR) is 158 cm³/mol. The molecule has 0 heterocycles. The fourth-order valence-electron chi connectivity index (χ4n) is 4.61. The first-order valence-corrected chi connectivity index (χ1v) is 14.0. The minimum Gasteiger partial charge on any atom is -0.493 e.